The van der Waals surface area contributed by atoms with Crippen LogP contribution in [0.3, 0.4) is 0 Å². The molecule has 0 aliphatic rings. The van der Waals surface area contributed by atoms with E-state index < -0.39 is 0 Å². The summed E-state index contributed by atoms with van der Waals surface area (Å²) in [5, 5.41) is 22.9. The van der Waals surface area contributed by atoms with Crippen LogP contribution < -0.4 is 0 Å². The highest BCUT2D eigenvalue weighted by Crippen LogP contribution is 2.59. The number of benzene rings is 16. The van der Waals surface area contributed by atoms with E-state index in [1.54, 1.807) is 0 Å². The Hall–Kier alpha value is -9.36. The van der Waals surface area contributed by atoms with Gasteiger partial charge >= 0.3 is 0 Å². The third kappa shape index (κ3) is 5.52. The molecule has 0 fully saturated rings. The van der Waals surface area contributed by atoms with Crippen LogP contribution in [0.2, 0.25) is 0 Å². The molecule has 0 amide bonds. The van der Waals surface area contributed by atoms with Crippen LogP contribution in [0, 0.1) is 0 Å². The Balaban J connectivity index is 1.21. The maximum Gasteiger partial charge on any atom is -0.000762 e. The predicted octanol–water partition coefficient (Wildman–Crippen LogP) is 20.4. The van der Waals surface area contributed by atoms with Crippen LogP contribution >= 0.6 is 0 Å². The highest BCUT2D eigenvalue weighted by atomic mass is 14.3. The number of rotatable bonds is 6. The molecular weight excluding hydrogens is 865 g/mol. The maximum absolute atomic E-state index is 2.43. The summed E-state index contributed by atoms with van der Waals surface area (Å²) in [5.74, 6) is 0. The van der Waals surface area contributed by atoms with Crippen LogP contribution in [-0.4, -0.2) is 0 Å². The quantitative estimate of drug-likeness (QED) is 0.146. The molecule has 0 bridgehead atoms. The summed E-state index contributed by atoms with van der Waals surface area (Å²) >= 11 is 0. The molecule has 0 spiro atoms. The molecule has 0 unspecified atom stereocenters. The Labute approximate surface area is 416 Å². The average Bonchev–Trinajstić information content (AvgIpc) is 3.45. The lowest BCUT2D eigenvalue weighted by Crippen LogP contribution is -2.03. The Morgan fingerprint density at radius 3 is 0.625 bits per heavy atom. The van der Waals surface area contributed by atoms with Crippen molar-refractivity contribution in [2.24, 2.45) is 0 Å². The van der Waals surface area contributed by atoms with Crippen LogP contribution in [0.15, 0.2) is 255 Å². The molecule has 16 rings (SSSR count). The first-order chi connectivity index (χ1) is 35.7. The third-order valence-electron chi connectivity index (χ3n) is 16.1. The highest BCUT2D eigenvalue weighted by molar-refractivity contribution is 6.32. The SMILES string of the molecule is c1ccc(-c2c(-c3ccc4ccc5cccc6ccc3c4c56)c(-c3ccccc3)c(-c3ccc4ccc5cccc6ccc3c4c56)c(-c3ccccc3)c2-c2ccc3ccc4cccc5ccc2c3c45)cc1. The Morgan fingerprint density at radius 1 is 0.139 bits per heavy atom. The minimum Gasteiger partial charge on any atom is -0.0622 e. The summed E-state index contributed by atoms with van der Waals surface area (Å²) < 4.78 is 0. The van der Waals surface area contributed by atoms with Gasteiger partial charge in [-0.05, 0) is 164 Å². The van der Waals surface area contributed by atoms with E-state index in [0.29, 0.717) is 0 Å². The maximum atomic E-state index is 2.43. The van der Waals surface area contributed by atoms with Gasteiger partial charge in [0.25, 0.3) is 0 Å². The van der Waals surface area contributed by atoms with Gasteiger partial charge in [0.05, 0.1) is 0 Å². The lowest BCUT2D eigenvalue weighted by Gasteiger charge is -2.30. The fraction of sp³-hybridized carbons (Fsp3) is 0. The highest BCUT2D eigenvalue weighted by Gasteiger charge is 2.32. The Kier molecular flexibility index (Phi) is 8.26. The molecule has 0 nitrogen and oxygen atoms in total. The van der Waals surface area contributed by atoms with E-state index in [1.165, 1.54) is 164 Å². The van der Waals surface area contributed by atoms with E-state index in [9.17, 15) is 0 Å². The Bertz CT molecular complexity index is 4260. The van der Waals surface area contributed by atoms with E-state index in [2.05, 4.69) is 255 Å². The molecule has 16 aromatic rings. The lowest BCUT2D eigenvalue weighted by atomic mass is 9.72. The summed E-state index contributed by atoms with van der Waals surface area (Å²) in [6.07, 6.45) is 0. The van der Waals surface area contributed by atoms with Crippen molar-refractivity contribution < 1.29 is 0 Å². The normalized spacial score (nSPS) is 12.2. The Morgan fingerprint density at radius 2 is 0.361 bits per heavy atom. The summed E-state index contributed by atoms with van der Waals surface area (Å²) in [4.78, 5) is 0. The van der Waals surface area contributed by atoms with Gasteiger partial charge in [-0.25, -0.2) is 0 Å². The van der Waals surface area contributed by atoms with Crippen molar-refractivity contribution in [2.45, 2.75) is 0 Å². The molecule has 0 saturated heterocycles. The van der Waals surface area contributed by atoms with Gasteiger partial charge in [0.15, 0.2) is 0 Å². The van der Waals surface area contributed by atoms with Crippen LogP contribution in [0.4, 0.5) is 0 Å². The largest absolute Gasteiger partial charge is 0.0622 e. The van der Waals surface area contributed by atoms with Crippen molar-refractivity contribution in [3.05, 3.63) is 255 Å². The lowest BCUT2D eigenvalue weighted by molar-refractivity contribution is 1.54. The predicted molar refractivity (Wildman–Crippen MR) is 310 cm³/mol. The van der Waals surface area contributed by atoms with Gasteiger partial charge in [-0.15, -0.1) is 0 Å². The summed E-state index contributed by atoms with van der Waals surface area (Å²) in [7, 11) is 0. The van der Waals surface area contributed by atoms with Crippen LogP contribution in [0.1, 0.15) is 0 Å². The van der Waals surface area contributed by atoms with Crippen LogP contribution in [-0.2, 0) is 0 Å². The van der Waals surface area contributed by atoms with E-state index in [4.69, 9.17) is 0 Å². The molecule has 0 heteroatoms. The van der Waals surface area contributed by atoms with Gasteiger partial charge in [-0.2, -0.15) is 0 Å². The summed E-state index contributed by atoms with van der Waals surface area (Å²) in [5.41, 5.74) is 14.5. The van der Waals surface area contributed by atoms with Crippen molar-refractivity contribution >= 4 is 97.0 Å². The van der Waals surface area contributed by atoms with Crippen molar-refractivity contribution in [3.63, 3.8) is 0 Å². The topological polar surface area (TPSA) is 0 Å². The molecule has 0 N–H and O–H groups in total. The number of hydrogen-bond donors (Lipinski definition) is 0. The first kappa shape index (κ1) is 39.5. The zero-order valence-electron chi connectivity index (χ0n) is 39.2. The van der Waals surface area contributed by atoms with Crippen LogP contribution in [0.5, 0.6) is 0 Å². The van der Waals surface area contributed by atoms with Gasteiger partial charge in [-0.3, -0.25) is 0 Å². The van der Waals surface area contributed by atoms with Gasteiger partial charge in [0.2, 0.25) is 0 Å². The van der Waals surface area contributed by atoms with E-state index >= 15 is 0 Å². The zero-order valence-corrected chi connectivity index (χ0v) is 39.2. The second-order valence-electron chi connectivity index (χ2n) is 19.8. The molecule has 0 aliphatic heterocycles. The van der Waals surface area contributed by atoms with E-state index in [1.807, 2.05) is 0 Å². The van der Waals surface area contributed by atoms with Gasteiger partial charge in [0.1, 0.15) is 0 Å². The van der Waals surface area contributed by atoms with E-state index in [-0.39, 0.29) is 0 Å². The van der Waals surface area contributed by atoms with Crippen molar-refractivity contribution in [2.75, 3.05) is 0 Å². The standard InChI is InChI=1S/C72H42/c1-4-13-43(14-5-1)67-70(58-40-34-52-28-25-46-19-10-22-49-31-37-55(58)64(52)61(46)49)68(44-15-6-2-7-16-44)72(60-42-36-54-30-27-48-21-12-24-51-33-39-57(60)66(54)63(48)51)69(45-17-8-3-9-18-45)71(67)59-41-35-53-29-26-47-20-11-23-50-32-38-56(59)65(53)62(47)50/h1-42H. The first-order valence-electron chi connectivity index (χ1n) is 25.2. The summed E-state index contributed by atoms with van der Waals surface area (Å²) in [6.45, 7) is 0. The zero-order chi connectivity index (χ0) is 47.0. The van der Waals surface area contributed by atoms with E-state index in [0.717, 1.165) is 0 Å². The fourth-order valence-corrected chi connectivity index (χ4v) is 13.1. The third-order valence-corrected chi connectivity index (χ3v) is 16.1. The molecule has 0 saturated carbocycles. The fourth-order valence-electron chi connectivity index (χ4n) is 13.1. The molecule has 0 atom stereocenters. The van der Waals surface area contributed by atoms with Gasteiger partial charge < -0.3 is 0 Å². The molecule has 0 aliphatic carbocycles. The molecule has 0 aromatic heterocycles. The van der Waals surface area contributed by atoms with Crippen molar-refractivity contribution in [1.82, 2.24) is 0 Å². The minimum atomic E-state index is 1.18. The minimum absolute atomic E-state index is 1.18. The summed E-state index contributed by atoms with van der Waals surface area (Å²) in [6, 6.07) is 96.5. The number of hydrogen-bond acceptors (Lipinski definition) is 0. The first-order valence-corrected chi connectivity index (χ1v) is 25.2. The van der Waals surface area contributed by atoms with Gasteiger partial charge in [0, 0.05) is 0 Å². The molecule has 16 aromatic carbocycles. The molecule has 72 heavy (non-hydrogen) atoms. The molecule has 0 heterocycles. The second kappa shape index (κ2) is 15.1. The van der Waals surface area contributed by atoms with Crippen molar-refractivity contribution in [1.29, 1.82) is 0 Å². The smallest absolute Gasteiger partial charge is 0.000762 e. The molecule has 0 radical (unpaired) electrons. The second-order valence-corrected chi connectivity index (χ2v) is 19.8. The van der Waals surface area contributed by atoms with Crippen LogP contribution in [0.25, 0.3) is 164 Å². The molecule has 330 valence electrons. The molecular formula is C72H42. The average molecular weight is 907 g/mol. The van der Waals surface area contributed by atoms with Gasteiger partial charge in [-0.1, -0.05) is 255 Å². The monoisotopic (exact) mass is 906 g/mol. The van der Waals surface area contributed by atoms with Crippen molar-refractivity contribution in [3.8, 4) is 66.8 Å².